The van der Waals surface area contributed by atoms with Gasteiger partial charge in [-0.2, -0.15) is 5.26 Å². The van der Waals surface area contributed by atoms with Gasteiger partial charge in [0.25, 0.3) is 5.91 Å². The van der Waals surface area contributed by atoms with E-state index in [2.05, 4.69) is 27.3 Å². The molecule has 0 atom stereocenters. The predicted octanol–water partition coefficient (Wildman–Crippen LogP) is 6.32. The molecule has 0 unspecified atom stereocenters. The molecule has 0 aliphatic carbocycles. The average molecular weight is 486 g/mol. The van der Waals surface area contributed by atoms with Crippen molar-refractivity contribution >= 4 is 50.8 Å². The number of rotatable bonds is 6. The van der Waals surface area contributed by atoms with Gasteiger partial charge in [-0.1, -0.05) is 29.8 Å². The van der Waals surface area contributed by atoms with E-state index < -0.39 is 0 Å². The number of carbonyl (C=O) groups is 1. The molecule has 3 rings (SSSR count). The normalized spacial score (nSPS) is 10.9. The third kappa shape index (κ3) is 5.93. The van der Waals surface area contributed by atoms with E-state index in [1.807, 2.05) is 0 Å². The molecule has 0 aliphatic heterocycles. The van der Waals surface area contributed by atoms with Gasteiger partial charge in [0, 0.05) is 10.7 Å². The van der Waals surface area contributed by atoms with E-state index in [9.17, 15) is 14.4 Å². The molecule has 3 aromatic rings. The summed E-state index contributed by atoms with van der Waals surface area (Å²) in [5, 5.41) is 12.7. The van der Waals surface area contributed by atoms with Gasteiger partial charge in [0.05, 0.1) is 16.1 Å². The SMILES string of the molecule is N#C/C(=C/c1ccc(OCC(=O)Nc2ccc(F)cc2)c(Br)c1)c1ccc(Cl)cc1. The van der Waals surface area contributed by atoms with Crippen molar-refractivity contribution in [3.8, 4) is 11.8 Å². The van der Waals surface area contributed by atoms with Gasteiger partial charge < -0.3 is 10.1 Å². The van der Waals surface area contributed by atoms with Crippen molar-refractivity contribution in [3.63, 3.8) is 0 Å². The number of nitrogens with zero attached hydrogens (tertiary/aromatic N) is 1. The lowest BCUT2D eigenvalue weighted by Crippen LogP contribution is -2.20. The summed E-state index contributed by atoms with van der Waals surface area (Å²) >= 11 is 9.32. The average Bonchev–Trinajstić information content (AvgIpc) is 2.74. The Morgan fingerprint density at radius 2 is 1.83 bits per heavy atom. The van der Waals surface area contributed by atoms with Gasteiger partial charge in [-0.3, -0.25) is 4.79 Å². The largest absolute Gasteiger partial charge is 0.483 e. The fourth-order valence-corrected chi connectivity index (χ4v) is 3.21. The maximum absolute atomic E-state index is 12.9. The monoisotopic (exact) mass is 484 g/mol. The molecule has 1 amide bonds. The zero-order valence-corrected chi connectivity index (χ0v) is 17.9. The molecule has 0 saturated carbocycles. The Labute approximate surface area is 186 Å². The molecular formula is C23H15BrClFN2O2. The second-order valence-electron chi connectivity index (χ2n) is 6.21. The lowest BCUT2D eigenvalue weighted by molar-refractivity contribution is -0.118. The van der Waals surface area contributed by atoms with Crippen LogP contribution >= 0.6 is 27.5 Å². The molecule has 30 heavy (non-hydrogen) atoms. The van der Waals surface area contributed by atoms with Crippen molar-refractivity contribution in [2.75, 3.05) is 11.9 Å². The summed E-state index contributed by atoms with van der Waals surface area (Å²) in [5.41, 5.74) is 2.52. The van der Waals surface area contributed by atoms with Crippen LogP contribution in [0.5, 0.6) is 5.75 Å². The van der Waals surface area contributed by atoms with Crippen molar-refractivity contribution in [1.82, 2.24) is 0 Å². The van der Waals surface area contributed by atoms with Crippen LogP contribution in [0.3, 0.4) is 0 Å². The zero-order chi connectivity index (χ0) is 21.5. The van der Waals surface area contributed by atoms with Gasteiger partial charge >= 0.3 is 0 Å². The molecule has 4 nitrogen and oxygen atoms in total. The highest BCUT2D eigenvalue weighted by Gasteiger charge is 2.08. The lowest BCUT2D eigenvalue weighted by atomic mass is 10.0. The number of nitrogens with one attached hydrogen (secondary N) is 1. The Bertz CT molecular complexity index is 1120. The number of benzene rings is 3. The number of amides is 1. The van der Waals surface area contributed by atoms with Crippen LogP contribution in [0.2, 0.25) is 5.02 Å². The first-order chi connectivity index (χ1) is 14.4. The van der Waals surface area contributed by atoms with Gasteiger partial charge in [-0.05, 0) is 81.7 Å². The summed E-state index contributed by atoms with van der Waals surface area (Å²) in [4.78, 5) is 12.0. The summed E-state index contributed by atoms with van der Waals surface area (Å²) in [7, 11) is 0. The third-order valence-electron chi connectivity index (χ3n) is 4.03. The van der Waals surface area contributed by atoms with E-state index in [0.29, 0.717) is 26.5 Å². The third-order valence-corrected chi connectivity index (χ3v) is 4.90. The first-order valence-electron chi connectivity index (χ1n) is 8.80. The Morgan fingerprint density at radius 3 is 2.47 bits per heavy atom. The van der Waals surface area contributed by atoms with Gasteiger partial charge in [0.15, 0.2) is 6.61 Å². The van der Waals surface area contributed by atoms with Crippen LogP contribution in [-0.4, -0.2) is 12.5 Å². The Morgan fingerprint density at radius 1 is 1.13 bits per heavy atom. The highest BCUT2D eigenvalue weighted by atomic mass is 79.9. The Hall–Kier alpha value is -3.14. The summed E-state index contributed by atoms with van der Waals surface area (Å²) in [6.45, 7) is -0.209. The van der Waals surface area contributed by atoms with E-state index in [0.717, 1.165) is 11.1 Å². The van der Waals surface area contributed by atoms with Gasteiger partial charge in [-0.15, -0.1) is 0 Å². The lowest BCUT2D eigenvalue weighted by Gasteiger charge is -2.10. The van der Waals surface area contributed by atoms with E-state index in [1.165, 1.54) is 24.3 Å². The summed E-state index contributed by atoms with van der Waals surface area (Å²) in [6, 6.07) is 19.9. The zero-order valence-electron chi connectivity index (χ0n) is 15.5. The standard InChI is InChI=1S/C23H15BrClFN2O2/c24-21-12-15(11-17(13-27)16-2-4-18(25)5-3-16)1-10-22(21)30-14-23(29)28-20-8-6-19(26)7-9-20/h1-12H,14H2,(H,28,29)/b17-11-. The Balaban J connectivity index is 1.66. The number of allylic oxidation sites excluding steroid dienone is 1. The van der Waals surface area contributed by atoms with Crippen molar-refractivity contribution < 1.29 is 13.9 Å². The highest BCUT2D eigenvalue weighted by Crippen LogP contribution is 2.28. The second-order valence-corrected chi connectivity index (χ2v) is 7.50. The fraction of sp³-hybridized carbons (Fsp3) is 0.0435. The first-order valence-corrected chi connectivity index (χ1v) is 9.97. The molecule has 0 aliphatic rings. The predicted molar refractivity (Wildman–Crippen MR) is 120 cm³/mol. The molecule has 150 valence electrons. The minimum absolute atomic E-state index is 0.209. The maximum Gasteiger partial charge on any atom is 0.262 e. The summed E-state index contributed by atoms with van der Waals surface area (Å²) in [6.07, 6.45) is 1.75. The molecule has 0 radical (unpaired) electrons. The van der Waals surface area contributed by atoms with Crippen LogP contribution in [0, 0.1) is 17.1 Å². The minimum atomic E-state index is -0.377. The van der Waals surface area contributed by atoms with E-state index in [-0.39, 0.29) is 18.3 Å². The number of hydrogen-bond donors (Lipinski definition) is 1. The molecule has 0 spiro atoms. The van der Waals surface area contributed by atoms with Crippen molar-refractivity contribution in [2.24, 2.45) is 0 Å². The number of nitriles is 1. The van der Waals surface area contributed by atoms with Crippen LogP contribution in [0.1, 0.15) is 11.1 Å². The molecule has 0 aromatic heterocycles. The van der Waals surface area contributed by atoms with Gasteiger partial charge in [0.2, 0.25) is 0 Å². The topological polar surface area (TPSA) is 62.1 Å². The molecule has 3 aromatic carbocycles. The van der Waals surface area contributed by atoms with Crippen LogP contribution in [0.25, 0.3) is 11.6 Å². The molecule has 7 heteroatoms. The van der Waals surface area contributed by atoms with Gasteiger partial charge in [-0.25, -0.2) is 4.39 Å². The van der Waals surface area contributed by atoms with Crippen LogP contribution in [0.4, 0.5) is 10.1 Å². The van der Waals surface area contributed by atoms with Gasteiger partial charge in [0.1, 0.15) is 11.6 Å². The second kappa shape index (κ2) is 10.1. The molecule has 0 fully saturated rings. The van der Waals surface area contributed by atoms with Crippen LogP contribution < -0.4 is 10.1 Å². The molecule has 0 heterocycles. The number of carbonyl (C=O) groups excluding carboxylic acids is 1. The molecule has 0 saturated heterocycles. The number of halogens is 3. The molecule has 0 bridgehead atoms. The molecule has 1 N–H and O–H groups in total. The van der Waals surface area contributed by atoms with Crippen molar-refractivity contribution in [3.05, 3.63) is 93.2 Å². The highest BCUT2D eigenvalue weighted by molar-refractivity contribution is 9.10. The summed E-state index contributed by atoms with van der Waals surface area (Å²) in [5.74, 6) is -0.267. The smallest absolute Gasteiger partial charge is 0.262 e. The number of hydrogen-bond acceptors (Lipinski definition) is 3. The molecular weight excluding hydrogens is 471 g/mol. The van der Waals surface area contributed by atoms with Crippen molar-refractivity contribution in [2.45, 2.75) is 0 Å². The Kier molecular flexibility index (Phi) is 7.23. The van der Waals surface area contributed by atoms with Crippen LogP contribution in [-0.2, 0) is 4.79 Å². The quantitative estimate of drug-likeness (QED) is 0.328. The fourth-order valence-electron chi connectivity index (χ4n) is 2.57. The summed E-state index contributed by atoms with van der Waals surface area (Å²) < 4.78 is 19.1. The minimum Gasteiger partial charge on any atom is -0.483 e. The van der Waals surface area contributed by atoms with E-state index in [4.69, 9.17) is 16.3 Å². The van der Waals surface area contributed by atoms with Crippen molar-refractivity contribution in [1.29, 1.82) is 5.26 Å². The van der Waals surface area contributed by atoms with E-state index in [1.54, 1.807) is 48.5 Å². The first kappa shape index (κ1) is 21.6. The number of ether oxygens (including phenoxy) is 1. The van der Waals surface area contributed by atoms with Crippen LogP contribution in [0.15, 0.2) is 71.2 Å². The number of anilines is 1. The van der Waals surface area contributed by atoms with E-state index >= 15 is 0 Å². The maximum atomic E-state index is 12.9.